The number of aliphatic hydroxyl groups is 1. The zero-order chi connectivity index (χ0) is 14.9. The van der Waals surface area contributed by atoms with E-state index in [1.165, 1.54) is 21.8 Å². The molecule has 3 heteroatoms. The van der Waals surface area contributed by atoms with Gasteiger partial charge in [-0.2, -0.15) is 0 Å². The number of rotatable bonds is 5. The van der Waals surface area contributed by atoms with E-state index in [4.69, 9.17) is 5.73 Å². The van der Waals surface area contributed by atoms with Crippen molar-refractivity contribution >= 4 is 21.8 Å². The van der Waals surface area contributed by atoms with Crippen molar-refractivity contribution in [3.8, 4) is 0 Å². The number of nitrogens with zero attached hydrogens (tertiary/aromatic N) is 1. The van der Waals surface area contributed by atoms with Gasteiger partial charge in [-0.15, -0.1) is 0 Å². The molecule has 0 fully saturated rings. The molecule has 110 valence electrons. The second-order valence-electron chi connectivity index (χ2n) is 5.99. The van der Waals surface area contributed by atoms with Crippen LogP contribution < -0.4 is 5.73 Å². The summed E-state index contributed by atoms with van der Waals surface area (Å²) < 4.78 is 2.34. The second kappa shape index (κ2) is 5.51. The van der Waals surface area contributed by atoms with Gasteiger partial charge < -0.3 is 15.4 Å². The van der Waals surface area contributed by atoms with Crippen molar-refractivity contribution in [1.82, 2.24) is 4.57 Å². The van der Waals surface area contributed by atoms with E-state index in [0.29, 0.717) is 13.0 Å². The van der Waals surface area contributed by atoms with Gasteiger partial charge in [-0.25, -0.2) is 0 Å². The Morgan fingerprint density at radius 3 is 2.05 bits per heavy atom. The van der Waals surface area contributed by atoms with E-state index in [-0.39, 0.29) is 0 Å². The summed E-state index contributed by atoms with van der Waals surface area (Å²) in [6.07, 6.45) is 1.62. The summed E-state index contributed by atoms with van der Waals surface area (Å²) in [5, 5.41) is 12.6. The van der Waals surface area contributed by atoms with Gasteiger partial charge in [-0.3, -0.25) is 0 Å². The third-order valence-corrected chi connectivity index (χ3v) is 4.22. The lowest BCUT2D eigenvalue weighted by atomic mass is 10.0. The Labute approximate surface area is 125 Å². The summed E-state index contributed by atoms with van der Waals surface area (Å²) in [7, 11) is 0. The lowest BCUT2D eigenvalue weighted by molar-refractivity contribution is 0.0568. The SMILES string of the molecule is CC(O)(CN)CCCn1c2ccccc2c2ccccc21. The molecule has 0 saturated carbocycles. The molecule has 0 aliphatic rings. The van der Waals surface area contributed by atoms with Crippen LogP contribution in [0.25, 0.3) is 21.8 Å². The van der Waals surface area contributed by atoms with Gasteiger partial charge in [0.1, 0.15) is 0 Å². The van der Waals surface area contributed by atoms with Crippen LogP contribution in [0.5, 0.6) is 0 Å². The molecule has 1 unspecified atom stereocenters. The molecule has 1 atom stereocenters. The van der Waals surface area contributed by atoms with Crippen molar-refractivity contribution in [1.29, 1.82) is 0 Å². The number of para-hydroxylation sites is 2. The molecule has 21 heavy (non-hydrogen) atoms. The van der Waals surface area contributed by atoms with E-state index in [0.717, 1.165) is 13.0 Å². The third kappa shape index (κ3) is 2.67. The van der Waals surface area contributed by atoms with Crippen molar-refractivity contribution in [2.45, 2.75) is 31.9 Å². The van der Waals surface area contributed by atoms with E-state index < -0.39 is 5.60 Å². The minimum atomic E-state index is -0.765. The molecular weight excluding hydrogens is 260 g/mol. The summed E-state index contributed by atoms with van der Waals surface area (Å²) in [5.41, 5.74) is 7.34. The van der Waals surface area contributed by atoms with E-state index in [1.54, 1.807) is 6.92 Å². The predicted molar refractivity (Wildman–Crippen MR) is 88.4 cm³/mol. The van der Waals surface area contributed by atoms with Crippen LogP contribution in [-0.4, -0.2) is 21.8 Å². The van der Waals surface area contributed by atoms with Gasteiger partial charge in [0, 0.05) is 34.9 Å². The number of nitrogens with two attached hydrogens (primary N) is 1. The highest BCUT2D eigenvalue weighted by Gasteiger charge is 2.17. The molecule has 2 aromatic carbocycles. The Bertz CT molecular complexity index is 705. The molecule has 0 aliphatic heterocycles. The molecule has 1 aromatic heterocycles. The maximum absolute atomic E-state index is 10.0. The number of aromatic nitrogens is 1. The van der Waals surface area contributed by atoms with Gasteiger partial charge in [0.05, 0.1) is 5.60 Å². The Kier molecular flexibility index (Phi) is 3.70. The summed E-state index contributed by atoms with van der Waals surface area (Å²) in [6.45, 7) is 3.00. The molecule has 3 N–H and O–H groups in total. The van der Waals surface area contributed by atoms with Gasteiger partial charge in [-0.1, -0.05) is 36.4 Å². The Morgan fingerprint density at radius 2 is 1.52 bits per heavy atom. The van der Waals surface area contributed by atoms with Crippen LogP contribution in [0.1, 0.15) is 19.8 Å². The fraction of sp³-hybridized carbons (Fsp3) is 0.333. The van der Waals surface area contributed by atoms with Crippen LogP contribution in [0.3, 0.4) is 0 Å². The van der Waals surface area contributed by atoms with Crippen LogP contribution in [0, 0.1) is 0 Å². The predicted octanol–water partition coefficient (Wildman–Crippen LogP) is 3.28. The van der Waals surface area contributed by atoms with Gasteiger partial charge in [0.25, 0.3) is 0 Å². The zero-order valence-corrected chi connectivity index (χ0v) is 12.4. The van der Waals surface area contributed by atoms with E-state index in [1.807, 2.05) is 0 Å². The summed E-state index contributed by atoms with van der Waals surface area (Å²) >= 11 is 0. The second-order valence-corrected chi connectivity index (χ2v) is 5.99. The number of fused-ring (bicyclic) bond motifs is 3. The minimum absolute atomic E-state index is 0.306. The Hall–Kier alpha value is -1.84. The fourth-order valence-electron chi connectivity index (χ4n) is 2.96. The third-order valence-electron chi connectivity index (χ3n) is 4.22. The Morgan fingerprint density at radius 1 is 1.00 bits per heavy atom. The van der Waals surface area contributed by atoms with Crippen LogP contribution >= 0.6 is 0 Å². The summed E-state index contributed by atoms with van der Waals surface area (Å²) in [6, 6.07) is 17.0. The van der Waals surface area contributed by atoms with E-state index in [9.17, 15) is 5.11 Å². The molecular formula is C18H22N2O. The first-order valence-electron chi connectivity index (χ1n) is 7.51. The number of benzene rings is 2. The monoisotopic (exact) mass is 282 g/mol. The van der Waals surface area contributed by atoms with Crippen LogP contribution in [0.4, 0.5) is 0 Å². The summed E-state index contributed by atoms with van der Waals surface area (Å²) in [4.78, 5) is 0. The Balaban J connectivity index is 1.96. The first-order valence-corrected chi connectivity index (χ1v) is 7.51. The number of hydrogen-bond donors (Lipinski definition) is 2. The average Bonchev–Trinajstić information content (AvgIpc) is 2.82. The van der Waals surface area contributed by atoms with Crippen molar-refractivity contribution < 1.29 is 5.11 Å². The van der Waals surface area contributed by atoms with Crippen LogP contribution in [-0.2, 0) is 6.54 Å². The maximum atomic E-state index is 10.0. The lowest BCUT2D eigenvalue weighted by Crippen LogP contribution is -2.34. The van der Waals surface area contributed by atoms with Gasteiger partial charge >= 0.3 is 0 Å². The quantitative estimate of drug-likeness (QED) is 0.754. The molecule has 3 aromatic rings. The van der Waals surface area contributed by atoms with Crippen molar-refractivity contribution in [2.24, 2.45) is 5.73 Å². The van der Waals surface area contributed by atoms with E-state index in [2.05, 4.69) is 53.1 Å². The smallest absolute Gasteiger partial charge is 0.0742 e. The van der Waals surface area contributed by atoms with Gasteiger partial charge in [-0.05, 0) is 31.9 Å². The van der Waals surface area contributed by atoms with Crippen molar-refractivity contribution in [3.63, 3.8) is 0 Å². The number of aryl methyl sites for hydroxylation is 1. The maximum Gasteiger partial charge on any atom is 0.0742 e. The largest absolute Gasteiger partial charge is 0.389 e. The molecule has 0 aliphatic carbocycles. The highest BCUT2D eigenvalue weighted by atomic mass is 16.3. The first-order chi connectivity index (χ1) is 10.1. The summed E-state index contributed by atoms with van der Waals surface area (Å²) in [5.74, 6) is 0. The molecule has 0 saturated heterocycles. The molecule has 0 radical (unpaired) electrons. The topological polar surface area (TPSA) is 51.2 Å². The van der Waals surface area contributed by atoms with E-state index >= 15 is 0 Å². The van der Waals surface area contributed by atoms with Crippen LogP contribution in [0.2, 0.25) is 0 Å². The highest BCUT2D eigenvalue weighted by Crippen LogP contribution is 2.29. The van der Waals surface area contributed by atoms with Crippen molar-refractivity contribution in [3.05, 3.63) is 48.5 Å². The molecule has 3 rings (SSSR count). The zero-order valence-electron chi connectivity index (χ0n) is 12.4. The normalized spacial score (nSPS) is 14.6. The molecule has 0 spiro atoms. The first kappa shape index (κ1) is 14.1. The van der Waals surface area contributed by atoms with Gasteiger partial charge in [0.15, 0.2) is 0 Å². The molecule has 0 bridgehead atoms. The average molecular weight is 282 g/mol. The lowest BCUT2D eigenvalue weighted by Gasteiger charge is -2.21. The highest BCUT2D eigenvalue weighted by molar-refractivity contribution is 6.07. The molecule has 0 amide bonds. The fourth-order valence-corrected chi connectivity index (χ4v) is 2.96. The molecule has 1 heterocycles. The van der Waals surface area contributed by atoms with Crippen LogP contribution in [0.15, 0.2) is 48.5 Å². The number of hydrogen-bond acceptors (Lipinski definition) is 2. The molecule has 3 nitrogen and oxygen atoms in total. The van der Waals surface area contributed by atoms with Gasteiger partial charge in [0.2, 0.25) is 0 Å². The minimum Gasteiger partial charge on any atom is -0.389 e. The standard InChI is InChI=1S/C18H22N2O/c1-18(21,13-19)11-6-12-20-16-9-4-2-7-14(16)15-8-3-5-10-17(15)20/h2-5,7-10,21H,6,11-13,19H2,1H3. The van der Waals surface area contributed by atoms with Crippen molar-refractivity contribution in [2.75, 3.05) is 6.54 Å².